The lowest BCUT2D eigenvalue weighted by molar-refractivity contribution is -0.133. The molecule has 7 heteroatoms. The van der Waals surface area contributed by atoms with E-state index in [9.17, 15) is 9.18 Å². The van der Waals surface area contributed by atoms with Gasteiger partial charge in [0.2, 0.25) is 5.91 Å². The van der Waals surface area contributed by atoms with Gasteiger partial charge in [-0.05, 0) is 6.07 Å². The fourth-order valence-electron chi connectivity index (χ4n) is 1.63. The molecule has 98 valence electrons. The molecule has 2 heterocycles. The Hall–Kier alpha value is -1.40. The van der Waals surface area contributed by atoms with Crippen molar-refractivity contribution in [2.75, 3.05) is 38.2 Å². The second-order valence-corrected chi connectivity index (χ2v) is 4.27. The van der Waals surface area contributed by atoms with Crippen LogP contribution < -0.4 is 5.32 Å². The number of ether oxygens (including phenoxy) is 1. The second kappa shape index (κ2) is 5.97. The molecule has 0 aliphatic carbocycles. The maximum absolute atomic E-state index is 13.4. The van der Waals surface area contributed by atoms with E-state index >= 15 is 0 Å². The van der Waals surface area contributed by atoms with Crippen LogP contribution in [0.1, 0.15) is 0 Å². The number of nitrogens with zero attached hydrogens (tertiary/aromatic N) is 2. The fraction of sp³-hybridized carbons (Fsp3) is 0.455. The van der Waals surface area contributed by atoms with Crippen molar-refractivity contribution in [1.29, 1.82) is 0 Å². The van der Waals surface area contributed by atoms with Crippen LogP contribution in [-0.2, 0) is 9.53 Å². The monoisotopic (exact) mass is 273 g/mol. The molecule has 0 saturated carbocycles. The molecule has 1 aliphatic rings. The molecule has 0 radical (unpaired) electrons. The summed E-state index contributed by atoms with van der Waals surface area (Å²) in [6.07, 6.45) is 1.33. The van der Waals surface area contributed by atoms with Crippen molar-refractivity contribution in [2.45, 2.75) is 0 Å². The van der Waals surface area contributed by atoms with Gasteiger partial charge in [-0.1, -0.05) is 11.6 Å². The normalized spacial score (nSPS) is 15.6. The predicted molar refractivity (Wildman–Crippen MR) is 65.1 cm³/mol. The Morgan fingerprint density at radius 3 is 2.94 bits per heavy atom. The van der Waals surface area contributed by atoms with Crippen LogP contribution in [0.2, 0.25) is 5.02 Å². The Morgan fingerprint density at radius 2 is 2.28 bits per heavy atom. The van der Waals surface area contributed by atoms with Crippen molar-refractivity contribution in [3.8, 4) is 0 Å². The third kappa shape index (κ3) is 3.30. The summed E-state index contributed by atoms with van der Waals surface area (Å²) < 4.78 is 18.5. The highest BCUT2D eigenvalue weighted by molar-refractivity contribution is 6.30. The van der Waals surface area contributed by atoms with Crippen LogP contribution >= 0.6 is 11.6 Å². The Bertz CT molecular complexity index is 438. The zero-order chi connectivity index (χ0) is 13.0. The number of nitrogens with one attached hydrogen (secondary N) is 1. The minimum Gasteiger partial charge on any atom is -0.378 e. The number of carbonyl (C=O) groups excluding carboxylic acids is 1. The number of morpholine rings is 1. The van der Waals surface area contributed by atoms with E-state index in [1.165, 1.54) is 6.20 Å². The van der Waals surface area contributed by atoms with Gasteiger partial charge in [0.15, 0.2) is 11.6 Å². The number of carbonyl (C=O) groups is 1. The molecule has 0 bridgehead atoms. The first-order chi connectivity index (χ1) is 8.66. The number of pyridine rings is 1. The van der Waals surface area contributed by atoms with Crippen molar-refractivity contribution in [2.24, 2.45) is 0 Å². The first-order valence-electron chi connectivity index (χ1n) is 5.57. The first-order valence-corrected chi connectivity index (χ1v) is 5.95. The van der Waals surface area contributed by atoms with Crippen molar-refractivity contribution in [3.05, 3.63) is 23.1 Å². The van der Waals surface area contributed by atoms with Crippen molar-refractivity contribution in [3.63, 3.8) is 0 Å². The van der Waals surface area contributed by atoms with Gasteiger partial charge in [0.25, 0.3) is 0 Å². The molecule has 0 spiro atoms. The van der Waals surface area contributed by atoms with Crippen LogP contribution in [-0.4, -0.2) is 48.6 Å². The van der Waals surface area contributed by atoms with Crippen LogP contribution in [0.4, 0.5) is 10.2 Å². The molecular formula is C11H13ClFN3O2. The third-order valence-electron chi connectivity index (χ3n) is 2.58. The fourth-order valence-corrected chi connectivity index (χ4v) is 1.77. The van der Waals surface area contributed by atoms with Crippen LogP contribution in [0.25, 0.3) is 0 Å². The average molecular weight is 274 g/mol. The lowest BCUT2D eigenvalue weighted by Crippen LogP contribution is -2.43. The Kier molecular flexibility index (Phi) is 4.33. The molecule has 0 aromatic carbocycles. The molecule has 2 rings (SSSR count). The van der Waals surface area contributed by atoms with Gasteiger partial charge in [-0.2, -0.15) is 0 Å². The van der Waals surface area contributed by atoms with Crippen LogP contribution in [0.3, 0.4) is 0 Å². The Labute approximate surface area is 109 Å². The number of anilines is 1. The number of rotatable bonds is 3. The zero-order valence-corrected chi connectivity index (χ0v) is 10.4. The third-order valence-corrected chi connectivity index (χ3v) is 2.79. The standard InChI is InChI=1S/C11H13ClFN3O2/c12-8-5-9(13)11(14-6-8)15-7-10(17)16-1-3-18-4-2-16/h5-6H,1-4,7H2,(H,14,15). The summed E-state index contributed by atoms with van der Waals surface area (Å²) in [5, 5.41) is 2.88. The van der Waals surface area contributed by atoms with Gasteiger partial charge >= 0.3 is 0 Å². The summed E-state index contributed by atoms with van der Waals surface area (Å²) in [6, 6.07) is 1.15. The Morgan fingerprint density at radius 1 is 1.56 bits per heavy atom. The van der Waals surface area contributed by atoms with E-state index in [0.29, 0.717) is 26.3 Å². The molecule has 18 heavy (non-hydrogen) atoms. The summed E-state index contributed by atoms with van der Waals surface area (Å²) in [7, 11) is 0. The van der Waals surface area contributed by atoms with Crippen molar-refractivity contribution >= 4 is 23.3 Å². The topological polar surface area (TPSA) is 54.5 Å². The van der Waals surface area contributed by atoms with E-state index in [1.807, 2.05) is 0 Å². The van der Waals surface area contributed by atoms with Gasteiger partial charge in [-0.15, -0.1) is 0 Å². The van der Waals surface area contributed by atoms with Gasteiger partial charge in [-0.3, -0.25) is 4.79 Å². The highest BCUT2D eigenvalue weighted by Gasteiger charge is 2.17. The van der Waals surface area contributed by atoms with Crippen LogP contribution in [0.5, 0.6) is 0 Å². The van der Waals surface area contributed by atoms with Gasteiger partial charge in [0.1, 0.15) is 0 Å². The molecule has 1 N–H and O–H groups in total. The van der Waals surface area contributed by atoms with Crippen molar-refractivity contribution in [1.82, 2.24) is 9.88 Å². The minimum absolute atomic E-state index is 0.00551. The average Bonchev–Trinajstić information content (AvgIpc) is 2.38. The van der Waals surface area contributed by atoms with Crippen LogP contribution in [0, 0.1) is 5.82 Å². The van der Waals surface area contributed by atoms with Gasteiger partial charge in [0, 0.05) is 19.3 Å². The highest BCUT2D eigenvalue weighted by Crippen LogP contribution is 2.15. The molecule has 1 fully saturated rings. The summed E-state index contributed by atoms with van der Waals surface area (Å²) in [4.78, 5) is 17.2. The maximum Gasteiger partial charge on any atom is 0.242 e. The molecule has 1 aromatic heterocycles. The van der Waals surface area contributed by atoms with E-state index in [1.54, 1.807) is 4.90 Å². The zero-order valence-electron chi connectivity index (χ0n) is 9.66. The van der Waals surface area contributed by atoms with Crippen LogP contribution in [0.15, 0.2) is 12.3 Å². The SMILES string of the molecule is O=C(CNc1ncc(Cl)cc1F)N1CCOCC1. The molecule has 1 aliphatic heterocycles. The van der Waals surface area contributed by atoms with Gasteiger partial charge < -0.3 is 15.0 Å². The number of aromatic nitrogens is 1. The smallest absolute Gasteiger partial charge is 0.242 e. The summed E-state index contributed by atoms with van der Waals surface area (Å²) >= 11 is 5.58. The molecule has 1 saturated heterocycles. The Balaban J connectivity index is 1.88. The van der Waals surface area contributed by atoms with E-state index < -0.39 is 5.82 Å². The second-order valence-electron chi connectivity index (χ2n) is 3.83. The molecule has 1 aromatic rings. The number of halogens is 2. The van der Waals surface area contributed by atoms with E-state index in [-0.39, 0.29) is 23.3 Å². The predicted octanol–water partition coefficient (Wildman–Crippen LogP) is 1.14. The molecule has 1 amide bonds. The quantitative estimate of drug-likeness (QED) is 0.897. The molecule has 5 nitrogen and oxygen atoms in total. The number of amides is 1. The molecular weight excluding hydrogens is 261 g/mol. The summed E-state index contributed by atoms with van der Waals surface area (Å²) in [5.74, 6) is -0.646. The lowest BCUT2D eigenvalue weighted by Gasteiger charge is -2.26. The highest BCUT2D eigenvalue weighted by atomic mass is 35.5. The first kappa shape index (κ1) is 13.0. The van der Waals surface area contributed by atoms with Gasteiger partial charge in [-0.25, -0.2) is 9.37 Å². The van der Waals surface area contributed by atoms with E-state index in [2.05, 4.69) is 10.3 Å². The largest absolute Gasteiger partial charge is 0.378 e. The molecule has 0 unspecified atom stereocenters. The van der Waals surface area contributed by atoms with Crippen molar-refractivity contribution < 1.29 is 13.9 Å². The minimum atomic E-state index is -0.572. The summed E-state index contributed by atoms with van der Waals surface area (Å²) in [6.45, 7) is 2.22. The summed E-state index contributed by atoms with van der Waals surface area (Å²) in [5.41, 5.74) is 0. The molecule has 0 atom stereocenters. The number of hydrogen-bond donors (Lipinski definition) is 1. The van der Waals surface area contributed by atoms with E-state index in [0.717, 1.165) is 6.07 Å². The van der Waals surface area contributed by atoms with Gasteiger partial charge in [0.05, 0.1) is 24.8 Å². The maximum atomic E-state index is 13.4. The lowest BCUT2D eigenvalue weighted by atomic mass is 10.4. The number of hydrogen-bond acceptors (Lipinski definition) is 4. The van der Waals surface area contributed by atoms with E-state index in [4.69, 9.17) is 16.3 Å².